The average molecular weight is 310 g/mol. The summed E-state index contributed by atoms with van der Waals surface area (Å²) in [5, 5.41) is 2.11. The molecule has 1 unspecified atom stereocenters. The van der Waals surface area contributed by atoms with E-state index >= 15 is 0 Å². The Morgan fingerprint density at radius 3 is 2.82 bits per heavy atom. The van der Waals surface area contributed by atoms with Crippen LogP contribution in [0.25, 0.3) is 0 Å². The predicted octanol–water partition coefficient (Wildman–Crippen LogP) is 4.45. The van der Waals surface area contributed by atoms with Crippen LogP contribution in [0.15, 0.2) is 40.2 Å². The molecule has 1 aromatic heterocycles. The van der Waals surface area contributed by atoms with E-state index in [9.17, 15) is 0 Å². The highest BCUT2D eigenvalue weighted by atomic mass is 79.9. The molecule has 0 bridgehead atoms. The second-order valence-electron chi connectivity index (χ2n) is 4.25. The van der Waals surface area contributed by atoms with Crippen molar-refractivity contribution in [2.75, 3.05) is 0 Å². The molecule has 0 spiro atoms. The van der Waals surface area contributed by atoms with Crippen molar-refractivity contribution < 1.29 is 0 Å². The number of rotatable bonds is 4. The molecule has 2 N–H and O–H groups in total. The Balaban J connectivity index is 2.01. The first-order chi connectivity index (χ1) is 8.16. The fraction of sp³-hybridized carbons (Fsp3) is 0.286. The highest BCUT2D eigenvalue weighted by molar-refractivity contribution is 9.10. The van der Waals surface area contributed by atoms with Gasteiger partial charge < -0.3 is 5.73 Å². The summed E-state index contributed by atoms with van der Waals surface area (Å²) in [7, 11) is 0. The van der Waals surface area contributed by atoms with Gasteiger partial charge in [0.2, 0.25) is 0 Å². The number of halogens is 1. The summed E-state index contributed by atoms with van der Waals surface area (Å²) in [5.41, 5.74) is 8.69. The smallest absolute Gasteiger partial charge is 0.0309 e. The molecule has 2 aromatic rings. The third-order valence-corrected chi connectivity index (χ3v) is 4.46. The van der Waals surface area contributed by atoms with Gasteiger partial charge in [-0.05, 0) is 48.4 Å². The van der Waals surface area contributed by atoms with E-state index in [-0.39, 0.29) is 6.04 Å². The monoisotopic (exact) mass is 309 g/mol. The lowest BCUT2D eigenvalue weighted by molar-refractivity contribution is 0.653. The molecule has 1 aromatic carbocycles. The number of hydrogen-bond donors (Lipinski definition) is 1. The largest absolute Gasteiger partial charge is 0.324 e. The Bertz CT molecular complexity index is 479. The molecule has 0 saturated heterocycles. The maximum atomic E-state index is 6.24. The Kier molecular flexibility index (Phi) is 4.37. The number of aryl methyl sites for hydroxylation is 2. The zero-order valence-corrected chi connectivity index (χ0v) is 12.2. The Morgan fingerprint density at radius 2 is 2.18 bits per heavy atom. The Morgan fingerprint density at radius 1 is 1.35 bits per heavy atom. The van der Waals surface area contributed by atoms with Crippen LogP contribution in [0.1, 0.15) is 28.5 Å². The summed E-state index contributed by atoms with van der Waals surface area (Å²) < 4.78 is 1.12. The van der Waals surface area contributed by atoms with E-state index in [2.05, 4.69) is 58.6 Å². The fourth-order valence-electron chi connectivity index (χ4n) is 1.84. The first-order valence-corrected chi connectivity index (χ1v) is 7.38. The molecule has 0 amide bonds. The van der Waals surface area contributed by atoms with Crippen LogP contribution in [0.4, 0.5) is 0 Å². The van der Waals surface area contributed by atoms with Gasteiger partial charge in [-0.1, -0.05) is 34.1 Å². The Labute approximate surface area is 115 Å². The fourth-order valence-corrected chi connectivity index (χ4v) is 3.35. The molecule has 1 atom stereocenters. The zero-order chi connectivity index (χ0) is 12.3. The summed E-state index contributed by atoms with van der Waals surface area (Å²) in [4.78, 5) is 1.41. The van der Waals surface area contributed by atoms with Crippen molar-refractivity contribution >= 4 is 27.3 Å². The Hall–Kier alpha value is -0.640. The van der Waals surface area contributed by atoms with Crippen molar-refractivity contribution in [1.82, 2.24) is 0 Å². The maximum Gasteiger partial charge on any atom is 0.0309 e. The van der Waals surface area contributed by atoms with Gasteiger partial charge in [0.25, 0.3) is 0 Å². The van der Waals surface area contributed by atoms with Crippen molar-refractivity contribution in [3.05, 3.63) is 56.2 Å². The van der Waals surface area contributed by atoms with Crippen molar-refractivity contribution in [3.8, 4) is 0 Å². The standard InChI is InChI=1S/C14H16BrNS/c1-10-4-6-12(13(15)9-10)14(16)7-5-11-3-2-8-17-11/h2-4,6,8-9,14H,5,7,16H2,1H3. The summed E-state index contributed by atoms with van der Waals surface area (Å²) in [6.07, 6.45) is 2.04. The molecule has 0 fully saturated rings. The van der Waals surface area contributed by atoms with E-state index in [1.54, 1.807) is 11.3 Å². The quantitative estimate of drug-likeness (QED) is 0.887. The minimum Gasteiger partial charge on any atom is -0.324 e. The van der Waals surface area contributed by atoms with Crippen molar-refractivity contribution in [2.24, 2.45) is 5.73 Å². The molecule has 0 saturated carbocycles. The second-order valence-corrected chi connectivity index (χ2v) is 6.14. The molecule has 0 aliphatic rings. The van der Waals surface area contributed by atoms with Gasteiger partial charge in [0.05, 0.1) is 0 Å². The SMILES string of the molecule is Cc1ccc(C(N)CCc2cccs2)c(Br)c1. The normalized spacial score (nSPS) is 12.6. The summed E-state index contributed by atoms with van der Waals surface area (Å²) in [6, 6.07) is 10.7. The minimum absolute atomic E-state index is 0.104. The van der Waals surface area contributed by atoms with Crippen LogP contribution in [0, 0.1) is 6.92 Å². The van der Waals surface area contributed by atoms with Crippen LogP contribution in [0.5, 0.6) is 0 Å². The van der Waals surface area contributed by atoms with Crippen LogP contribution in [-0.4, -0.2) is 0 Å². The number of thiophene rings is 1. The predicted molar refractivity (Wildman–Crippen MR) is 78.4 cm³/mol. The van der Waals surface area contributed by atoms with Gasteiger partial charge in [0, 0.05) is 15.4 Å². The van der Waals surface area contributed by atoms with E-state index < -0.39 is 0 Å². The van der Waals surface area contributed by atoms with E-state index in [1.165, 1.54) is 16.0 Å². The lowest BCUT2D eigenvalue weighted by atomic mass is 10.0. The van der Waals surface area contributed by atoms with Gasteiger partial charge in [-0.3, -0.25) is 0 Å². The number of nitrogens with two attached hydrogens (primary N) is 1. The first kappa shape index (κ1) is 12.8. The maximum absolute atomic E-state index is 6.24. The van der Waals surface area contributed by atoms with E-state index in [0.717, 1.165) is 17.3 Å². The van der Waals surface area contributed by atoms with E-state index in [1.807, 2.05) is 0 Å². The van der Waals surface area contributed by atoms with Crippen LogP contribution < -0.4 is 5.73 Å². The van der Waals surface area contributed by atoms with Crippen LogP contribution in [0.2, 0.25) is 0 Å². The van der Waals surface area contributed by atoms with Crippen LogP contribution >= 0.6 is 27.3 Å². The topological polar surface area (TPSA) is 26.0 Å². The second kappa shape index (κ2) is 5.80. The number of hydrogen-bond acceptors (Lipinski definition) is 2. The lowest BCUT2D eigenvalue weighted by Crippen LogP contribution is -2.11. The van der Waals surface area contributed by atoms with E-state index in [4.69, 9.17) is 5.73 Å². The van der Waals surface area contributed by atoms with Gasteiger partial charge in [0.1, 0.15) is 0 Å². The molecule has 90 valence electrons. The molecule has 0 aliphatic carbocycles. The first-order valence-electron chi connectivity index (χ1n) is 5.71. The average Bonchev–Trinajstić information content (AvgIpc) is 2.78. The van der Waals surface area contributed by atoms with Crippen LogP contribution in [0.3, 0.4) is 0 Å². The molecule has 2 rings (SSSR count). The lowest BCUT2D eigenvalue weighted by Gasteiger charge is -2.13. The van der Waals surface area contributed by atoms with Gasteiger partial charge in [-0.15, -0.1) is 11.3 Å². The zero-order valence-electron chi connectivity index (χ0n) is 9.82. The molecular weight excluding hydrogens is 294 g/mol. The highest BCUT2D eigenvalue weighted by Gasteiger charge is 2.10. The number of benzene rings is 1. The highest BCUT2D eigenvalue weighted by Crippen LogP contribution is 2.26. The van der Waals surface area contributed by atoms with Gasteiger partial charge in [-0.25, -0.2) is 0 Å². The van der Waals surface area contributed by atoms with Crippen molar-refractivity contribution in [3.63, 3.8) is 0 Å². The third-order valence-electron chi connectivity index (χ3n) is 2.84. The molecule has 1 heterocycles. The van der Waals surface area contributed by atoms with Crippen molar-refractivity contribution in [2.45, 2.75) is 25.8 Å². The summed E-state index contributed by atoms with van der Waals surface area (Å²) >= 11 is 5.39. The molecular formula is C14H16BrNS. The molecule has 17 heavy (non-hydrogen) atoms. The van der Waals surface area contributed by atoms with Gasteiger partial charge in [0.15, 0.2) is 0 Å². The molecule has 1 nitrogen and oxygen atoms in total. The van der Waals surface area contributed by atoms with Crippen LogP contribution in [-0.2, 0) is 6.42 Å². The molecule has 3 heteroatoms. The van der Waals surface area contributed by atoms with Gasteiger partial charge in [-0.2, -0.15) is 0 Å². The third kappa shape index (κ3) is 3.41. The summed E-state index contributed by atoms with van der Waals surface area (Å²) in [5.74, 6) is 0. The molecule has 0 aliphatic heterocycles. The van der Waals surface area contributed by atoms with Gasteiger partial charge >= 0.3 is 0 Å². The van der Waals surface area contributed by atoms with E-state index in [0.29, 0.717) is 0 Å². The minimum atomic E-state index is 0.104. The molecule has 0 radical (unpaired) electrons. The van der Waals surface area contributed by atoms with Crippen molar-refractivity contribution in [1.29, 1.82) is 0 Å². The summed E-state index contributed by atoms with van der Waals surface area (Å²) in [6.45, 7) is 2.09.